The van der Waals surface area contributed by atoms with Gasteiger partial charge in [0.15, 0.2) is 0 Å². The van der Waals surface area contributed by atoms with Crippen LogP contribution in [0.1, 0.15) is 27.8 Å². The number of rotatable bonds is 5. The molecule has 1 aliphatic heterocycles. The quantitative estimate of drug-likeness (QED) is 0.367. The van der Waals surface area contributed by atoms with Crippen molar-refractivity contribution in [2.75, 3.05) is 18.1 Å². The van der Waals surface area contributed by atoms with Crippen molar-refractivity contribution in [3.63, 3.8) is 0 Å². The number of benzene rings is 4. The van der Waals surface area contributed by atoms with E-state index < -0.39 is 5.54 Å². The minimum Gasteiger partial charge on any atom is -0.298 e. The van der Waals surface area contributed by atoms with Crippen LogP contribution < -0.4 is 4.90 Å². The second-order valence-corrected chi connectivity index (χ2v) is 8.82. The number of carbonyl (C=O) groups is 1. The highest BCUT2D eigenvalue weighted by atomic mass is 16.2. The molecule has 0 spiro atoms. The Morgan fingerprint density at radius 2 is 1.06 bits per heavy atom. The molecule has 164 valence electrons. The topological polar surface area (TPSA) is 23.6 Å². The zero-order chi connectivity index (χ0) is 22.8. The fraction of sp³-hybridized carbons (Fsp3) is 0.167. The molecule has 3 heteroatoms. The van der Waals surface area contributed by atoms with E-state index in [1.165, 1.54) is 0 Å². The molecule has 1 fully saturated rings. The van der Waals surface area contributed by atoms with Crippen LogP contribution in [0.3, 0.4) is 0 Å². The van der Waals surface area contributed by atoms with Gasteiger partial charge >= 0.3 is 0 Å². The lowest BCUT2D eigenvalue weighted by atomic mass is 9.76. The van der Waals surface area contributed by atoms with Gasteiger partial charge in [0.25, 0.3) is 0 Å². The minimum atomic E-state index is -0.590. The van der Waals surface area contributed by atoms with Gasteiger partial charge in [-0.3, -0.25) is 14.6 Å². The summed E-state index contributed by atoms with van der Waals surface area (Å²) in [6.45, 7) is 5.01. The number of aryl methyl sites for hydroxylation is 2. The van der Waals surface area contributed by atoms with E-state index in [9.17, 15) is 4.79 Å². The monoisotopic (exact) mass is 432 g/mol. The third-order valence-corrected chi connectivity index (χ3v) is 6.51. The summed E-state index contributed by atoms with van der Waals surface area (Å²) < 4.78 is 0. The van der Waals surface area contributed by atoms with Crippen LogP contribution in [0.4, 0.5) is 5.69 Å². The van der Waals surface area contributed by atoms with Crippen LogP contribution in [0.5, 0.6) is 0 Å². The molecule has 0 aromatic heterocycles. The predicted molar refractivity (Wildman–Crippen MR) is 134 cm³/mol. The highest BCUT2D eigenvalue weighted by molar-refractivity contribution is 5.97. The molecule has 5 rings (SSSR count). The zero-order valence-corrected chi connectivity index (χ0v) is 19.1. The first-order valence-electron chi connectivity index (χ1n) is 11.4. The number of carbonyl (C=O) groups excluding carboxylic acids is 1. The number of anilines is 1. The summed E-state index contributed by atoms with van der Waals surface area (Å²) in [5.74, 6) is 0.118. The SMILES string of the molecule is Cc1cc(C)cc(N2CN(C(c3ccccc3)(c3ccccc3)c3ccccc3)CC2=O)c1. The Kier molecular flexibility index (Phi) is 5.57. The first kappa shape index (κ1) is 21.2. The highest BCUT2D eigenvalue weighted by Gasteiger charge is 2.47. The molecular weight excluding hydrogens is 404 g/mol. The molecule has 0 saturated carbocycles. The summed E-state index contributed by atoms with van der Waals surface area (Å²) in [6, 6.07) is 38.0. The molecule has 0 radical (unpaired) electrons. The first-order chi connectivity index (χ1) is 16.1. The lowest BCUT2D eigenvalue weighted by Crippen LogP contribution is -2.47. The number of hydrogen-bond acceptors (Lipinski definition) is 2. The second-order valence-electron chi connectivity index (χ2n) is 8.82. The molecule has 3 nitrogen and oxygen atoms in total. The standard InChI is InChI=1S/C30H28N2O/c1-23-18-24(2)20-28(19-23)32-22-31(21-29(32)33)30(25-12-6-3-7-13-25,26-14-8-4-9-15-26)27-16-10-5-11-17-27/h3-20H,21-22H2,1-2H3. The normalized spacial score (nSPS) is 14.6. The van der Waals surface area contributed by atoms with Gasteiger partial charge in [-0.1, -0.05) is 97.1 Å². The number of amides is 1. The zero-order valence-electron chi connectivity index (χ0n) is 19.1. The van der Waals surface area contributed by atoms with E-state index in [0.29, 0.717) is 13.2 Å². The largest absolute Gasteiger partial charge is 0.298 e. The van der Waals surface area contributed by atoms with E-state index in [-0.39, 0.29) is 5.91 Å². The molecule has 33 heavy (non-hydrogen) atoms. The molecule has 0 N–H and O–H groups in total. The summed E-state index contributed by atoms with van der Waals surface area (Å²) in [7, 11) is 0. The fourth-order valence-electron chi connectivity index (χ4n) is 5.19. The van der Waals surface area contributed by atoms with Crippen LogP contribution >= 0.6 is 0 Å². The average Bonchev–Trinajstić information content (AvgIpc) is 3.23. The van der Waals surface area contributed by atoms with Crippen molar-refractivity contribution in [1.29, 1.82) is 0 Å². The lowest BCUT2D eigenvalue weighted by molar-refractivity contribution is -0.117. The first-order valence-corrected chi connectivity index (χ1v) is 11.4. The van der Waals surface area contributed by atoms with Crippen LogP contribution in [-0.2, 0) is 10.3 Å². The Balaban J connectivity index is 1.71. The van der Waals surface area contributed by atoms with Crippen molar-refractivity contribution in [2.45, 2.75) is 19.4 Å². The Morgan fingerprint density at radius 1 is 0.636 bits per heavy atom. The van der Waals surface area contributed by atoms with E-state index >= 15 is 0 Å². The minimum absolute atomic E-state index is 0.118. The van der Waals surface area contributed by atoms with E-state index in [4.69, 9.17) is 0 Å². The van der Waals surface area contributed by atoms with Crippen molar-refractivity contribution in [1.82, 2.24) is 4.90 Å². The molecule has 1 saturated heterocycles. The van der Waals surface area contributed by atoms with Crippen LogP contribution in [-0.4, -0.2) is 24.0 Å². The summed E-state index contributed by atoms with van der Waals surface area (Å²) in [5.41, 5.74) is 6.15. The van der Waals surface area contributed by atoms with Gasteiger partial charge in [0.1, 0.15) is 0 Å². The molecule has 1 aliphatic rings. The van der Waals surface area contributed by atoms with Crippen LogP contribution in [0.25, 0.3) is 0 Å². The molecule has 4 aromatic rings. The summed E-state index contributed by atoms with van der Waals surface area (Å²) in [6.07, 6.45) is 0. The maximum Gasteiger partial charge on any atom is 0.242 e. The van der Waals surface area contributed by atoms with Crippen LogP contribution in [0.15, 0.2) is 109 Å². The Hall–Kier alpha value is -3.69. The van der Waals surface area contributed by atoms with Gasteiger partial charge in [0.05, 0.1) is 18.8 Å². The molecule has 1 heterocycles. The highest BCUT2D eigenvalue weighted by Crippen LogP contribution is 2.44. The summed E-state index contributed by atoms with van der Waals surface area (Å²) >= 11 is 0. The Morgan fingerprint density at radius 3 is 1.48 bits per heavy atom. The maximum atomic E-state index is 13.4. The van der Waals surface area contributed by atoms with Crippen LogP contribution in [0.2, 0.25) is 0 Å². The molecule has 4 aromatic carbocycles. The Bertz CT molecular complexity index is 1140. The van der Waals surface area contributed by atoms with Gasteiger partial charge < -0.3 is 0 Å². The number of hydrogen-bond donors (Lipinski definition) is 0. The molecule has 0 aliphatic carbocycles. The van der Waals surface area contributed by atoms with Crippen molar-refractivity contribution < 1.29 is 4.79 Å². The van der Waals surface area contributed by atoms with Gasteiger partial charge in [-0.15, -0.1) is 0 Å². The molecule has 0 atom stereocenters. The van der Waals surface area contributed by atoms with Gasteiger partial charge in [0, 0.05) is 5.69 Å². The fourth-order valence-corrected chi connectivity index (χ4v) is 5.19. The van der Waals surface area contributed by atoms with Gasteiger partial charge in [-0.25, -0.2) is 0 Å². The van der Waals surface area contributed by atoms with E-state index in [0.717, 1.165) is 33.5 Å². The average molecular weight is 433 g/mol. The summed E-state index contributed by atoms with van der Waals surface area (Å²) in [4.78, 5) is 17.7. The maximum absolute atomic E-state index is 13.4. The smallest absolute Gasteiger partial charge is 0.242 e. The van der Waals surface area contributed by atoms with E-state index in [1.54, 1.807) is 0 Å². The van der Waals surface area contributed by atoms with Gasteiger partial charge in [0.2, 0.25) is 5.91 Å². The Labute approximate surface area is 195 Å². The van der Waals surface area contributed by atoms with E-state index in [2.05, 4.69) is 110 Å². The van der Waals surface area contributed by atoms with Crippen molar-refractivity contribution in [3.8, 4) is 0 Å². The molecule has 0 unspecified atom stereocenters. The van der Waals surface area contributed by atoms with Crippen LogP contribution in [0, 0.1) is 13.8 Å². The number of nitrogens with zero attached hydrogens (tertiary/aromatic N) is 2. The van der Waals surface area contributed by atoms with E-state index in [1.807, 2.05) is 23.1 Å². The van der Waals surface area contributed by atoms with Gasteiger partial charge in [-0.05, 0) is 53.8 Å². The predicted octanol–water partition coefficient (Wildman–Crippen LogP) is 5.90. The second kappa shape index (κ2) is 8.68. The molecular formula is C30H28N2O. The van der Waals surface area contributed by atoms with Gasteiger partial charge in [-0.2, -0.15) is 0 Å². The van der Waals surface area contributed by atoms with Crippen molar-refractivity contribution in [3.05, 3.63) is 137 Å². The summed E-state index contributed by atoms with van der Waals surface area (Å²) in [5, 5.41) is 0. The third kappa shape index (κ3) is 3.75. The molecule has 0 bridgehead atoms. The molecule has 1 amide bonds. The van der Waals surface area contributed by atoms with Crippen molar-refractivity contribution in [2.24, 2.45) is 0 Å². The lowest BCUT2D eigenvalue weighted by Gasteiger charge is -2.43. The third-order valence-electron chi connectivity index (χ3n) is 6.51. The van der Waals surface area contributed by atoms with Crippen molar-refractivity contribution >= 4 is 11.6 Å².